The van der Waals surface area contributed by atoms with Crippen LogP contribution >= 0.6 is 0 Å². The van der Waals surface area contributed by atoms with Gasteiger partial charge in [-0.2, -0.15) is 35.1 Å². The van der Waals surface area contributed by atoms with Crippen LogP contribution in [0.1, 0.15) is 18.1 Å². The van der Waals surface area contributed by atoms with Gasteiger partial charge in [0.25, 0.3) is 0 Å². The molecule has 0 aliphatic rings. The van der Waals surface area contributed by atoms with Crippen LogP contribution in [-0.4, -0.2) is 30.4 Å². The summed E-state index contributed by atoms with van der Waals surface area (Å²) in [6.45, 7) is 1.59. The fraction of sp³-hybridized carbons (Fsp3) is 0.500. The molecule has 0 unspecified atom stereocenters. The van der Waals surface area contributed by atoms with Gasteiger partial charge in [-0.3, -0.25) is 0 Å². The van der Waals surface area contributed by atoms with Gasteiger partial charge in [-0.05, 0) is 12.0 Å². The summed E-state index contributed by atoms with van der Waals surface area (Å²) in [5, 5.41) is -6.70. The van der Waals surface area contributed by atoms with E-state index >= 15 is 0 Å². The summed E-state index contributed by atoms with van der Waals surface area (Å²) in [5.41, 5.74) is -1.14. The van der Waals surface area contributed by atoms with E-state index in [1.807, 2.05) is 0 Å². The average Bonchev–Trinajstić information content (AvgIpc) is 2.44. The molecule has 0 amide bonds. The number of alkyl halides is 8. The first-order valence-electron chi connectivity index (χ1n) is 6.26. The fourth-order valence-electron chi connectivity index (χ4n) is 1.55. The topological polar surface area (TPSA) is 66.4 Å². The summed E-state index contributed by atoms with van der Waals surface area (Å²) in [4.78, 5) is 0. The summed E-state index contributed by atoms with van der Waals surface area (Å²) in [6.07, 6.45) is -12.7. The Morgan fingerprint density at radius 1 is 0.923 bits per heavy atom. The van der Waals surface area contributed by atoms with Crippen molar-refractivity contribution in [2.24, 2.45) is 0 Å². The first-order chi connectivity index (χ1) is 11.0. The first kappa shape index (κ1) is 25.5. The Kier molecular flexibility index (Phi) is 7.73. The molecule has 0 N–H and O–H groups in total. The second kappa shape index (κ2) is 7.87. The summed E-state index contributed by atoms with van der Waals surface area (Å²) < 4.78 is 138. The molecule has 144 valence electrons. The second-order valence-corrected chi connectivity index (χ2v) is 6.15. The van der Waals surface area contributed by atoms with Gasteiger partial charge in [0.2, 0.25) is 0 Å². The maximum absolute atomic E-state index is 13.7. The van der Waals surface area contributed by atoms with E-state index in [9.17, 15) is 48.1 Å². The molecule has 0 heterocycles. The van der Waals surface area contributed by atoms with Crippen molar-refractivity contribution in [3.05, 3.63) is 35.4 Å². The number of hydrogen-bond acceptors (Lipinski definition) is 4. The molecule has 1 aromatic rings. The Hall–Kier alpha value is -0.470. The van der Waals surface area contributed by atoms with Gasteiger partial charge < -0.3 is 4.55 Å². The van der Waals surface area contributed by atoms with Crippen molar-refractivity contribution < 1.29 is 82.4 Å². The van der Waals surface area contributed by atoms with E-state index in [4.69, 9.17) is 0 Å². The molecule has 0 bridgehead atoms. The number of halogens is 8. The standard InChI is InChI=1S/C12H10F8O4S.Na/c1-2-7-3-5-8(6-4-7)9(13,14)10(15,16)24-11(17,18)12(19,20)25(21,22)23;/h3-6H,2H2,1H3,(H,21,22,23);/q;+1/p-1. The quantitative estimate of drug-likeness (QED) is 0.367. The van der Waals surface area contributed by atoms with E-state index in [2.05, 4.69) is 4.74 Å². The van der Waals surface area contributed by atoms with E-state index in [-0.39, 0.29) is 29.6 Å². The zero-order valence-corrected chi connectivity index (χ0v) is 15.9. The molecule has 0 atom stereocenters. The molecular formula is C12H9F8NaO4S. The van der Waals surface area contributed by atoms with Gasteiger partial charge in [0.05, 0.1) is 0 Å². The third kappa shape index (κ3) is 4.68. The molecule has 0 aromatic heterocycles. The van der Waals surface area contributed by atoms with E-state index in [1.165, 1.54) is 0 Å². The molecule has 4 nitrogen and oxygen atoms in total. The van der Waals surface area contributed by atoms with Crippen molar-refractivity contribution in [3.8, 4) is 0 Å². The fourth-order valence-corrected chi connectivity index (χ4v) is 1.88. The predicted molar refractivity (Wildman–Crippen MR) is 65.3 cm³/mol. The Morgan fingerprint density at radius 3 is 1.69 bits per heavy atom. The zero-order valence-electron chi connectivity index (χ0n) is 13.1. The molecule has 0 fully saturated rings. The van der Waals surface area contributed by atoms with Crippen molar-refractivity contribution in [1.82, 2.24) is 0 Å². The molecule has 0 spiro atoms. The van der Waals surface area contributed by atoms with Gasteiger partial charge in [0.15, 0.2) is 10.1 Å². The van der Waals surface area contributed by atoms with Gasteiger partial charge in [-0.1, -0.05) is 31.2 Å². The Bertz CT molecular complexity index is 721. The minimum absolute atomic E-state index is 0. The Labute approximate surface area is 164 Å². The third-order valence-corrected chi connectivity index (χ3v) is 3.87. The molecule has 0 saturated carbocycles. The smallest absolute Gasteiger partial charge is 0.743 e. The maximum atomic E-state index is 13.7. The van der Waals surface area contributed by atoms with Crippen LogP contribution in [0.25, 0.3) is 0 Å². The van der Waals surface area contributed by atoms with Crippen LogP contribution in [0.5, 0.6) is 0 Å². The van der Waals surface area contributed by atoms with Crippen molar-refractivity contribution in [2.45, 2.75) is 36.7 Å². The average molecular weight is 424 g/mol. The minimum atomic E-state index is -7.19. The van der Waals surface area contributed by atoms with Crippen LogP contribution in [0.3, 0.4) is 0 Å². The van der Waals surface area contributed by atoms with Crippen molar-refractivity contribution in [2.75, 3.05) is 0 Å². The predicted octanol–water partition coefficient (Wildman–Crippen LogP) is 0.685. The van der Waals surface area contributed by atoms with Gasteiger partial charge in [0, 0.05) is 5.56 Å². The maximum Gasteiger partial charge on any atom is 1.00 e. The number of hydrogen-bond donors (Lipinski definition) is 0. The second-order valence-electron chi connectivity index (χ2n) is 4.73. The molecule has 26 heavy (non-hydrogen) atoms. The van der Waals surface area contributed by atoms with Crippen molar-refractivity contribution in [3.63, 3.8) is 0 Å². The molecule has 1 rings (SSSR count). The third-order valence-electron chi connectivity index (χ3n) is 3.00. The van der Waals surface area contributed by atoms with Gasteiger partial charge in [0.1, 0.15) is 0 Å². The van der Waals surface area contributed by atoms with Crippen LogP contribution in [0.4, 0.5) is 35.1 Å². The van der Waals surface area contributed by atoms with E-state index in [0.717, 1.165) is 12.1 Å². The van der Waals surface area contributed by atoms with E-state index in [0.29, 0.717) is 24.1 Å². The van der Waals surface area contributed by atoms with Crippen LogP contribution in [-0.2, 0) is 27.2 Å². The Morgan fingerprint density at radius 2 is 1.35 bits per heavy atom. The summed E-state index contributed by atoms with van der Waals surface area (Å²) in [5.74, 6) is -5.54. The SMILES string of the molecule is CCc1ccc(C(F)(F)C(F)(F)OC(F)(F)C(F)(F)S(=O)(=O)[O-])cc1.[Na+]. The zero-order chi connectivity index (χ0) is 19.9. The number of rotatable bonds is 7. The summed E-state index contributed by atoms with van der Waals surface area (Å²) >= 11 is 0. The molecule has 0 radical (unpaired) electrons. The monoisotopic (exact) mass is 424 g/mol. The molecule has 0 saturated heterocycles. The number of ether oxygens (including phenoxy) is 1. The minimum Gasteiger partial charge on any atom is -0.743 e. The molecule has 14 heteroatoms. The normalized spacial score (nSPS) is 14.1. The van der Waals surface area contributed by atoms with Crippen LogP contribution < -0.4 is 29.6 Å². The molecular weight excluding hydrogens is 415 g/mol. The largest absolute Gasteiger partial charge is 1.00 e. The Balaban J connectivity index is 0.00000625. The van der Waals surface area contributed by atoms with Gasteiger partial charge in [-0.15, -0.1) is 0 Å². The van der Waals surface area contributed by atoms with Crippen LogP contribution in [0.15, 0.2) is 24.3 Å². The summed E-state index contributed by atoms with van der Waals surface area (Å²) in [7, 11) is -7.19. The first-order valence-corrected chi connectivity index (χ1v) is 7.66. The van der Waals surface area contributed by atoms with E-state index < -0.39 is 39.1 Å². The summed E-state index contributed by atoms with van der Waals surface area (Å²) in [6, 6.07) is 2.76. The van der Waals surface area contributed by atoms with Crippen LogP contribution in [0.2, 0.25) is 0 Å². The molecule has 0 aliphatic heterocycles. The van der Waals surface area contributed by atoms with Crippen LogP contribution in [0, 0.1) is 0 Å². The van der Waals surface area contributed by atoms with Crippen molar-refractivity contribution >= 4 is 10.1 Å². The van der Waals surface area contributed by atoms with E-state index in [1.54, 1.807) is 6.92 Å². The van der Waals surface area contributed by atoms with Crippen molar-refractivity contribution in [1.29, 1.82) is 0 Å². The number of aryl methyl sites for hydroxylation is 1. The van der Waals surface area contributed by atoms with Gasteiger partial charge >= 0.3 is 53.0 Å². The number of benzene rings is 1. The molecule has 0 aliphatic carbocycles. The molecule has 1 aromatic carbocycles. The van der Waals surface area contributed by atoms with Gasteiger partial charge in [-0.25, -0.2) is 13.2 Å².